The summed E-state index contributed by atoms with van der Waals surface area (Å²) in [6, 6.07) is 0. The molecule has 1 heterocycles. The molecule has 0 radical (unpaired) electrons. The van der Waals surface area contributed by atoms with Gasteiger partial charge in [-0.2, -0.15) is 0 Å². The number of allylic oxidation sites excluding steroid dienone is 3. The van der Waals surface area contributed by atoms with Crippen LogP contribution in [0.2, 0.25) is 0 Å². The highest BCUT2D eigenvalue weighted by atomic mass is 19.1. The first-order valence-electron chi connectivity index (χ1n) is 4.52. The van der Waals surface area contributed by atoms with Gasteiger partial charge in [-0.3, -0.25) is 4.79 Å². The predicted molar refractivity (Wildman–Crippen MR) is 53.7 cm³/mol. The summed E-state index contributed by atoms with van der Waals surface area (Å²) in [5.41, 5.74) is 0.717. The van der Waals surface area contributed by atoms with Crippen LogP contribution in [0.15, 0.2) is 28.9 Å². The summed E-state index contributed by atoms with van der Waals surface area (Å²) in [5.74, 6) is 0.170. The van der Waals surface area contributed by atoms with Crippen molar-refractivity contribution in [1.29, 1.82) is 0 Å². The molecule has 0 bridgehead atoms. The summed E-state index contributed by atoms with van der Waals surface area (Å²) < 4.78 is 12.3. The lowest BCUT2D eigenvalue weighted by Crippen LogP contribution is -2.27. The second kappa shape index (κ2) is 5.32. The number of carbonyl (C=O) groups excluding carboxylic acids is 1. The van der Waals surface area contributed by atoms with E-state index in [9.17, 15) is 9.18 Å². The third-order valence-corrected chi connectivity index (χ3v) is 1.85. The number of hydrogen-bond donors (Lipinski definition) is 0. The van der Waals surface area contributed by atoms with Crippen LogP contribution in [-0.4, -0.2) is 30.4 Å². The maximum absolute atomic E-state index is 12.3. The fraction of sp³-hybridized carbons (Fsp3) is 0.400. The molecule has 0 unspecified atom stereocenters. The van der Waals surface area contributed by atoms with Crippen molar-refractivity contribution in [2.24, 2.45) is 4.99 Å². The Hall–Kier alpha value is -1.45. The van der Waals surface area contributed by atoms with E-state index in [1.165, 1.54) is 4.90 Å². The van der Waals surface area contributed by atoms with Gasteiger partial charge < -0.3 is 4.90 Å². The molecule has 4 heteroatoms. The minimum absolute atomic E-state index is 0.170. The van der Waals surface area contributed by atoms with E-state index in [4.69, 9.17) is 0 Å². The summed E-state index contributed by atoms with van der Waals surface area (Å²) in [5, 5.41) is 0. The van der Waals surface area contributed by atoms with Crippen LogP contribution in [0.5, 0.6) is 0 Å². The van der Waals surface area contributed by atoms with Crippen molar-refractivity contribution in [1.82, 2.24) is 4.90 Å². The van der Waals surface area contributed by atoms with Gasteiger partial charge in [0, 0.05) is 0 Å². The predicted octanol–water partition coefficient (Wildman–Crippen LogP) is 1.68. The standard InChI is InChI=1S/C10H13FN2O/c1-2-3-4-5-9-6-13(8-11)10(7-14)12-9/h3-5,7H,2,6,8H2,1H3/b4-3-,9-5+. The van der Waals surface area contributed by atoms with Crippen LogP contribution in [0.25, 0.3) is 0 Å². The quantitative estimate of drug-likeness (QED) is 0.506. The van der Waals surface area contributed by atoms with Crippen LogP contribution in [0, 0.1) is 0 Å². The minimum atomic E-state index is -0.674. The third-order valence-electron chi connectivity index (χ3n) is 1.85. The molecule has 0 saturated heterocycles. The van der Waals surface area contributed by atoms with E-state index in [0.717, 1.165) is 12.1 Å². The zero-order chi connectivity index (χ0) is 10.4. The van der Waals surface area contributed by atoms with Gasteiger partial charge in [0.25, 0.3) is 0 Å². The van der Waals surface area contributed by atoms with E-state index in [1.807, 2.05) is 19.1 Å². The maximum Gasteiger partial charge on any atom is 0.185 e. The van der Waals surface area contributed by atoms with Gasteiger partial charge in [-0.25, -0.2) is 9.38 Å². The lowest BCUT2D eigenvalue weighted by Gasteiger charge is -2.09. The van der Waals surface area contributed by atoms with Crippen LogP contribution in [-0.2, 0) is 4.79 Å². The van der Waals surface area contributed by atoms with Crippen molar-refractivity contribution in [2.45, 2.75) is 13.3 Å². The number of carbonyl (C=O) groups is 1. The first kappa shape index (κ1) is 10.6. The molecular weight excluding hydrogens is 183 g/mol. The molecule has 0 N–H and O–H groups in total. The van der Waals surface area contributed by atoms with Crippen LogP contribution in [0.1, 0.15) is 13.3 Å². The zero-order valence-electron chi connectivity index (χ0n) is 8.11. The second-order valence-corrected chi connectivity index (χ2v) is 2.90. The van der Waals surface area contributed by atoms with Crippen LogP contribution < -0.4 is 0 Å². The topological polar surface area (TPSA) is 32.7 Å². The lowest BCUT2D eigenvalue weighted by molar-refractivity contribution is -0.103. The number of rotatable bonds is 4. The van der Waals surface area contributed by atoms with E-state index in [0.29, 0.717) is 12.8 Å². The van der Waals surface area contributed by atoms with Crippen molar-refractivity contribution in [3.05, 3.63) is 23.9 Å². The molecule has 1 rings (SSSR count). The first-order valence-corrected chi connectivity index (χ1v) is 4.52. The number of amidine groups is 1. The lowest BCUT2D eigenvalue weighted by atomic mass is 10.3. The van der Waals surface area contributed by atoms with E-state index in [1.54, 1.807) is 6.08 Å². The Morgan fingerprint density at radius 3 is 2.93 bits per heavy atom. The van der Waals surface area contributed by atoms with Gasteiger partial charge >= 0.3 is 0 Å². The zero-order valence-corrected chi connectivity index (χ0v) is 8.11. The largest absolute Gasteiger partial charge is 0.320 e. The number of aldehydes is 1. The fourth-order valence-corrected chi connectivity index (χ4v) is 1.14. The molecule has 76 valence electrons. The van der Waals surface area contributed by atoms with Gasteiger partial charge in [0.2, 0.25) is 0 Å². The van der Waals surface area contributed by atoms with Gasteiger partial charge in [0.15, 0.2) is 18.9 Å². The monoisotopic (exact) mass is 196 g/mol. The molecular formula is C10H13FN2O. The maximum atomic E-state index is 12.3. The molecule has 0 aromatic carbocycles. The van der Waals surface area contributed by atoms with E-state index < -0.39 is 6.80 Å². The summed E-state index contributed by atoms with van der Waals surface area (Å²) in [7, 11) is 0. The molecule has 0 atom stereocenters. The number of aliphatic imine (C=N–C) groups is 1. The summed E-state index contributed by atoms with van der Waals surface area (Å²) >= 11 is 0. The number of nitrogens with zero attached hydrogens (tertiary/aromatic N) is 2. The SMILES string of the molecule is CC/C=C\C=C1/CN(CF)C(C=O)=N1. The number of halogens is 1. The summed E-state index contributed by atoms with van der Waals surface area (Å²) in [4.78, 5) is 15.7. The molecule has 14 heavy (non-hydrogen) atoms. The molecule has 0 fully saturated rings. The van der Waals surface area contributed by atoms with Crippen molar-refractivity contribution >= 4 is 12.1 Å². The van der Waals surface area contributed by atoms with E-state index >= 15 is 0 Å². The molecule has 1 aliphatic rings. The second-order valence-electron chi connectivity index (χ2n) is 2.90. The molecule has 3 nitrogen and oxygen atoms in total. The van der Waals surface area contributed by atoms with Gasteiger partial charge in [-0.05, 0) is 12.5 Å². The average molecular weight is 196 g/mol. The smallest absolute Gasteiger partial charge is 0.185 e. The van der Waals surface area contributed by atoms with Crippen LogP contribution in [0.4, 0.5) is 4.39 Å². The highest BCUT2D eigenvalue weighted by Crippen LogP contribution is 2.11. The molecule has 1 aliphatic heterocycles. The van der Waals surface area contributed by atoms with E-state index in [2.05, 4.69) is 4.99 Å². The first-order chi connectivity index (χ1) is 6.81. The van der Waals surface area contributed by atoms with Crippen molar-refractivity contribution < 1.29 is 9.18 Å². The number of hydrogen-bond acceptors (Lipinski definition) is 3. The van der Waals surface area contributed by atoms with Crippen LogP contribution >= 0.6 is 0 Å². The Balaban J connectivity index is 2.68. The minimum Gasteiger partial charge on any atom is -0.320 e. The van der Waals surface area contributed by atoms with Crippen molar-refractivity contribution in [3.8, 4) is 0 Å². The Morgan fingerprint density at radius 1 is 1.64 bits per heavy atom. The van der Waals surface area contributed by atoms with Gasteiger partial charge in [0.1, 0.15) is 0 Å². The van der Waals surface area contributed by atoms with Crippen molar-refractivity contribution in [3.63, 3.8) is 0 Å². The van der Waals surface area contributed by atoms with Gasteiger partial charge in [-0.15, -0.1) is 0 Å². The molecule has 0 amide bonds. The average Bonchev–Trinajstić information content (AvgIpc) is 2.61. The Kier molecular flexibility index (Phi) is 4.04. The Morgan fingerprint density at radius 2 is 2.43 bits per heavy atom. The number of alkyl halides is 1. The van der Waals surface area contributed by atoms with Crippen molar-refractivity contribution in [2.75, 3.05) is 13.3 Å². The normalized spacial score (nSPS) is 19.4. The molecule has 0 aromatic rings. The summed E-state index contributed by atoms with van der Waals surface area (Å²) in [6.45, 7) is 1.72. The Bertz CT molecular complexity index is 294. The summed E-state index contributed by atoms with van der Waals surface area (Å²) in [6.07, 6.45) is 7.15. The fourth-order valence-electron chi connectivity index (χ4n) is 1.14. The molecule has 0 aliphatic carbocycles. The van der Waals surface area contributed by atoms with E-state index in [-0.39, 0.29) is 5.84 Å². The third kappa shape index (κ3) is 2.52. The van der Waals surface area contributed by atoms with Crippen LogP contribution in [0.3, 0.4) is 0 Å². The van der Waals surface area contributed by atoms with Gasteiger partial charge in [-0.1, -0.05) is 19.1 Å². The molecule has 0 spiro atoms. The highest BCUT2D eigenvalue weighted by molar-refractivity contribution is 6.27. The Labute approximate surface area is 82.6 Å². The van der Waals surface area contributed by atoms with Gasteiger partial charge in [0.05, 0.1) is 12.2 Å². The highest BCUT2D eigenvalue weighted by Gasteiger charge is 2.18. The molecule has 0 saturated carbocycles. The molecule has 0 aromatic heterocycles.